The normalized spacial score (nSPS) is 14.5. The van der Waals surface area contributed by atoms with Crippen molar-refractivity contribution in [2.75, 3.05) is 13.6 Å². The van der Waals surface area contributed by atoms with E-state index in [0.29, 0.717) is 4.31 Å². The van der Waals surface area contributed by atoms with Crippen LogP contribution in [0.3, 0.4) is 0 Å². The lowest BCUT2D eigenvalue weighted by Gasteiger charge is -2.22. The largest absolute Gasteiger partial charge is 0.392 e. The van der Waals surface area contributed by atoms with E-state index in [4.69, 9.17) is 5.73 Å². The van der Waals surface area contributed by atoms with E-state index in [-0.39, 0.29) is 11.4 Å². The van der Waals surface area contributed by atoms with Gasteiger partial charge in [0.15, 0.2) is 0 Å². The highest BCUT2D eigenvalue weighted by Crippen LogP contribution is 2.12. The third-order valence-corrected chi connectivity index (χ3v) is 4.64. The second kappa shape index (κ2) is 5.66. The molecule has 0 aliphatic rings. The Labute approximate surface area is 93.5 Å². The number of nitrogens with zero attached hydrogens (tertiary/aromatic N) is 1. The highest BCUT2D eigenvalue weighted by Gasteiger charge is 2.31. The molecule has 0 aliphatic heterocycles. The number of alkyl halides is 2. The van der Waals surface area contributed by atoms with Crippen LogP contribution in [0.15, 0.2) is 0 Å². The van der Waals surface area contributed by atoms with Gasteiger partial charge in [-0.1, -0.05) is 19.1 Å². The summed E-state index contributed by atoms with van der Waals surface area (Å²) >= 11 is 4.58. The highest BCUT2D eigenvalue weighted by atomic mass is 32.2. The number of halogens is 2. The summed E-state index contributed by atoms with van der Waals surface area (Å²) in [6, 6.07) is 0. The molecule has 0 aromatic carbocycles. The van der Waals surface area contributed by atoms with Crippen LogP contribution < -0.4 is 5.73 Å². The maximum Gasteiger partial charge on any atom is 0.252 e. The minimum absolute atomic E-state index is 0.172. The third kappa shape index (κ3) is 3.96. The van der Waals surface area contributed by atoms with Gasteiger partial charge >= 0.3 is 0 Å². The molecular weight excluding hydrogens is 246 g/mol. The monoisotopic (exact) mass is 260 g/mol. The topological polar surface area (TPSA) is 63.4 Å². The average Bonchev–Trinajstić information content (AvgIpc) is 2.02. The van der Waals surface area contributed by atoms with Crippen LogP contribution in [0.5, 0.6) is 0 Å². The van der Waals surface area contributed by atoms with E-state index >= 15 is 0 Å². The lowest BCUT2D eigenvalue weighted by molar-refractivity contribution is 0.126. The first kappa shape index (κ1) is 14.7. The van der Waals surface area contributed by atoms with Gasteiger partial charge in [0.2, 0.25) is 10.0 Å². The summed E-state index contributed by atoms with van der Waals surface area (Å²) in [4.78, 5) is -0.196. The molecule has 0 aliphatic carbocycles. The first-order chi connectivity index (χ1) is 6.73. The minimum atomic E-state index is -3.86. The first-order valence-electron chi connectivity index (χ1n) is 4.26. The Balaban J connectivity index is 4.87. The van der Waals surface area contributed by atoms with E-state index in [0.717, 1.165) is 7.05 Å². The summed E-state index contributed by atoms with van der Waals surface area (Å²) in [7, 11) is -2.77. The zero-order chi connectivity index (χ0) is 12.2. The van der Waals surface area contributed by atoms with Gasteiger partial charge in [-0.2, -0.15) is 4.31 Å². The van der Waals surface area contributed by atoms with Crippen molar-refractivity contribution in [3.63, 3.8) is 0 Å². The zero-order valence-corrected chi connectivity index (χ0v) is 10.1. The first-order valence-corrected chi connectivity index (χ1v) is 6.17. The molecule has 15 heavy (non-hydrogen) atoms. The van der Waals surface area contributed by atoms with E-state index in [1.165, 1.54) is 0 Å². The molecule has 0 spiro atoms. The van der Waals surface area contributed by atoms with Crippen molar-refractivity contribution in [1.29, 1.82) is 0 Å². The molecular formula is C7H14F2N2O2S2. The highest BCUT2D eigenvalue weighted by molar-refractivity contribution is 7.92. The minimum Gasteiger partial charge on any atom is -0.392 e. The van der Waals surface area contributed by atoms with E-state index in [9.17, 15) is 17.2 Å². The standard InChI is InChI=1S/C7H14F2N2O2S2/c1-3-5(7(10)14)15(12,13)11(2)4-6(8)9/h5-6H,3-4H2,1-2H3,(H2,10,14). The summed E-state index contributed by atoms with van der Waals surface area (Å²) in [5, 5.41) is -1.07. The molecule has 0 fully saturated rings. The van der Waals surface area contributed by atoms with Gasteiger partial charge in [0.05, 0.1) is 11.5 Å². The summed E-state index contributed by atoms with van der Waals surface area (Å²) in [5.41, 5.74) is 5.24. The Morgan fingerprint density at radius 1 is 1.53 bits per heavy atom. The molecule has 1 atom stereocenters. The van der Waals surface area contributed by atoms with Gasteiger partial charge < -0.3 is 5.73 Å². The fraction of sp³-hybridized carbons (Fsp3) is 0.857. The summed E-state index contributed by atoms with van der Waals surface area (Å²) in [6.45, 7) is 0.735. The molecule has 0 saturated carbocycles. The number of nitrogens with two attached hydrogens (primary N) is 1. The van der Waals surface area contributed by atoms with Crippen LogP contribution in [0.4, 0.5) is 8.78 Å². The lowest BCUT2D eigenvalue weighted by Crippen LogP contribution is -2.44. The molecule has 4 nitrogen and oxygen atoms in total. The van der Waals surface area contributed by atoms with Gasteiger partial charge in [-0.15, -0.1) is 0 Å². The van der Waals surface area contributed by atoms with Crippen LogP contribution in [0, 0.1) is 0 Å². The summed E-state index contributed by atoms with van der Waals surface area (Å²) in [5.74, 6) is 0. The SMILES string of the molecule is CCC(C(N)=S)S(=O)(=O)N(C)CC(F)F. The van der Waals surface area contributed by atoms with Crippen molar-refractivity contribution in [3.8, 4) is 0 Å². The van der Waals surface area contributed by atoms with E-state index in [2.05, 4.69) is 12.2 Å². The van der Waals surface area contributed by atoms with Gasteiger partial charge in [-0.25, -0.2) is 17.2 Å². The van der Waals surface area contributed by atoms with Gasteiger partial charge in [0.25, 0.3) is 6.43 Å². The molecule has 0 saturated heterocycles. The number of thiocarbonyl (C=S) groups is 1. The van der Waals surface area contributed by atoms with Gasteiger partial charge in [-0.3, -0.25) is 0 Å². The van der Waals surface area contributed by atoms with Crippen molar-refractivity contribution in [2.45, 2.75) is 25.0 Å². The van der Waals surface area contributed by atoms with Crippen LogP contribution in [0.1, 0.15) is 13.3 Å². The Kier molecular flexibility index (Phi) is 5.54. The predicted molar refractivity (Wildman–Crippen MR) is 58.4 cm³/mol. The molecule has 0 radical (unpaired) electrons. The molecule has 0 bridgehead atoms. The van der Waals surface area contributed by atoms with Crippen LogP contribution in [0.2, 0.25) is 0 Å². The zero-order valence-electron chi connectivity index (χ0n) is 8.48. The second-order valence-electron chi connectivity index (χ2n) is 3.02. The molecule has 0 aromatic rings. The smallest absolute Gasteiger partial charge is 0.252 e. The van der Waals surface area contributed by atoms with Crippen molar-refractivity contribution >= 4 is 27.2 Å². The Morgan fingerprint density at radius 2 is 2.00 bits per heavy atom. The maximum atomic E-state index is 12.0. The molecule has 1 unspecified atom stereocenters. The fourth-order valence-electron chi connectivity index (χ4n) is 1.07. The van der Waals surface area contributed by atoms with E-state index < -0.39 is 28.2 Å². The summed E-state index contributed by atoms with van der Waals surface area (Å²) < 4.78 is 47.9. The fourth-order valence-corrected chi connectivity index (χ4v) is 3.08. The van der Waals surface area contributed by atoms with Gasteiger partial charge in [-0.05, 0) is 6.42 Å². The lowest BCUT2D eigenvalue weighted by atomic mass is 10.3. The Morgan fingerprint density at radius 3 is 2.27 bits per heavy atom. The van der Waals surface area contributed by atoms with E-state index in [1.807, 2.05) is 0 Å². The van der Waals surface area contributed by atoms with Crippen LogP contribution in [-0.4, -0.2) is 43.0 Å². The van der Waals surface area contributed by atoms with Crippen molar-refractivity contribution in [3.05, 3.63) is 0 Å². The van der Waals surface area contributed by atoms with Crippen molar-refractivity contribution in [2.24, 2.45) is 5.73 Å². The number of hydrogen-bond acceptors (Lipinski definition) is 3. The Hall–Kier alpha value is -0.340. The number of hydrogen-bond donors (Lipinski definition) is 1. The molecule has 0 aromatic heterocycles. The second-order valence-corrected chi connectivity index (χ2v) is 5.71. The maximum absolute atomic E-state index is 12.0. The summed E-state index contributed by atoms with van der Waals surface area (Å²) in [6.07, 6.45) is -2.54. The molecule has 0 heterocycles. The number of rotatable bonds is 6. The molecule has 2 N–H and O–H groups in total. The van der Waals surface area contributed by atoms with Crippen molar-refractivity contribution in [1.82, 2.24) is 4.31 Å². The predicted octanol–water partition coefficient (Wildman–Crippen LogP) is 0.578. The Bertz CT molecular complexity index is 319. The quantitative estimate of drug-likeness (QED) is 0.710. The van der Waals surface area contributed by atoms with E-state index in [1.54, 1.807) is 6.92 Å². The molecule has 0 rings (SSSR count). The third-order valence-electron chi connectivity index (χ3n) is 1.88. The number of sulfonamides is 1. The van der Waals surface area contributed by atoms with Gasteiger partial charge in [0.1, 0.15) is 5.25 Å². The molecule has 8 heteroatoms. The van der Waals surface area contributed by atoms with Crippen LogP contribution in [-0.2, 0) is 10.0 Å². The average molecular weight is 260 g/mol. The van der Waals surface area contributed by atoms with Crippen molar-refractivity contribution < 1.29 is 17.2 Å². The van der Waals surface area contributed by atoms with Crippen LogP contribution >= 0.6 is 12.2 Å². The molecule has 0 amide bonds. The van der Waals surface area contributed by atoms with Crippen LogP contribution in [0.25, 0.3) is 0 Å². The van der Waals surface area contributed by atoms with Gasteiger partial charge in [0, 0.05) is 7.05 Å². The molecule has 90 valence electrons.